The molecule has 1 aromatic carbocycles. The fourth-order valence-corrected chi connectivity index (χ4v) is 2.39. The fraction of sp³-hybridized carbons (Fsp3) is 0.385. The van der Waals surface area contributed by atoms with Crippen molar-refractivity contribution in [3.8, 4) is 5.75 Å². The summed E-state index contributed by atoms with van der Waals surface area (Å²) in [6.45, 7) is 1.60. The number of phenolic OH excluding ortho intramolecular Hbond substituents is 1. The van der Waals surface area contributed by atoms with Crippen LogP contribution in [0.2, 0.25) is 0 Å². The SMILES string of the molecule is Cc1cc(O)ccc1C(=O)NC(CCS(C)(=O)=O)C(=O)O. The summed E-state index contributed by atoms with van der Waals surface area (Å²) in [5.74, 6) is -2.27. The van der Waals surface area contributed by atoms with Crippen LogP contribution in [0.3, 0.4) is 0 Å². The van der Waals surface area contributed by atoms with Crippen LogP contribution in [0.25, 0.3) is 0 Å². The number of carbonyl (C=O) groups excluding carboxylic acids is 1. The van der Waals surface area contributed by atoms with E-state index in [0.717, 1.165) is 6.26 Å². The maximum Gasteiger partial charge on any atom is 0.326 e. The minimum Gasteiger partial charge on any atom is -0.508 e. The highest BCUT2D eigenvalue weighted by atomic mass is 32.2. The zero-order valence-electron chi connectivity index (χ0n) is 11.7. The molecular formula is C13H17NO6S. The van der Waals surface area contributed by atoms with Gasteiger partial charge in [-0.2, -0.15) is 0 Å². The number of hydrogen-bond acceptors (Lipinski definition) is 5. The molecule has 0 fully saturated rings. The lowest BCUT2D eigenvalue weighted by molar-refractivity contribution is -0.139. The van der Waals surface area contributed by atoms with Crippen LogP contribution in [0.4, 0.5) is 0 Å². The minimum atomic E-state index is -3.31. The molecule has 0 aliphatic rings. The number of sulfone groups is 1. The third kappa shape index (κ3) is 5.42. The molecule has 8 heteroatoms. The monoisotopic (exact) mass is 315 g/mol. The van der Waals surface area contributed by atoms with Crippen molar-refractivity contribution in [1.29, 1.82) is 0 Å². The second kappa shape index (κ2) is 6.57. The van der Waals surface area contributed by atoms with Crippen molar-refractivity contribution in [3.05, 3.63) is 29.3 Å². The van der Waals surface area contributed by atoms with E-state index < -0.39 is 27.8 Å². The highest BCUT2D eigenvalue weighted by Crippen LogP contribution is 2.15. The second-order valence-electron chi connectivity index (χ2n) is 4.78. The van der Waals surface area contributed by atoms with E-state index in [1.54, 1.807) is 6.92 Å². The van der Waals surface area contributed by atoms with Crippen LogP contribution in [0.1, 0.15) is 22.3 Å². The molecule has 116 valence electrons. The Hall–Kier alpha value is -2.09. The summed E-state index contributed by atoms with van der Waals surface area (Å²) >= 11 is 0. The van der Waals surface area contributed by atoms with Crippen LogP contribution in [0, 0.1) is 6.92 Å². The molecule has 1 unspecified atom stereocenters. The van der Waals surface area contributed by atoms with Gasteiger partial charge in [0.15, 0.2) is 0 Å². The van der Waals surface area contributed by atoms with Gasteiger partial charge in [-0.1, -0.05) is 0 Å². The number of aryl methyl sites for hydroxylation is 1. The number of carboxylic acid groups (broad SMARTS) is 1. The Bertz CT molecular complexity index is 653. The van der Waals surface area contributed by atoms with Crippen molar-refractivity contribution in [2.45, 2.75) is 19.4 Å². The van der Waals surface area contributed by atoms with Crippen LogP contribution < -0.4 is 5.32 Å². The molecule has 0 radical (unpaired) electrons. The molecule has 1 aromatic rings. The largest absolute Gasteiger partial charge is 0.508 e. The van der Waals surface area contributed by atoms with E-state index >= 15 is 0 Å². The van der Waals surface area contributed by atoms with Gasteiger partial charge in [0, 0.05) is 11.8 Å². The summed E-state index contributed by atoms with van der Waals surface area (Å²) in [5, 5.41) is 20.6. The van der Waals surface area contributed by atoms with Gasteiger partial charge in [-0.25, -0.2) is 13.2 Å². The fourth-order valence-electron chi connectivity index (χ4n) is 1.73. The van der Waals surface area contributed by atoms with E-state index in [2.05, 4.69) is 5.32 Å². The molecular weight excluding hydrogens is 298 g/mol. The Balaban J connectivity index is 2.84. The number of carbonyl (C=O) groups is 2. The normalized spacial score (nSPS) is 12.7. The van der Waals surface area contributed by atoms with Crippen molar-refractivity contribution in [1.82, 2.24) is 5.32 Å². The smallest absolute Gasteiger partial charge is 0.326 e. The van der Waals surface area contributed by atoms with E-state index in [-0.39, 0.29) is 23.5 Å². The van der Waals surface area contributed by atoms with E-state index in [0.29, 0.717) is 5.56 Å². The van der Waals surface area contributed by atoms with Gasteiger partial charge in [-0.15, -0.1) is 0 Å². The average Bonchev–Trinajstić information content (AvgIpc) is 2.32. The van der Waals surface area contributed by atoms with Crippen molar-refractivity contribution in [2.24, 2.45) is 0 Å². The van der Waals surface area contributed by atoms with Gasteiger partial charge in [-0.3, -0.25) is 4.79 Å². The molecule has 21 heavy (non-hydrogen) atoms. The van der Waals surface area contributed by atoms with Crippen LogP contribution in [0.15, 0.2) is 18.2 Å². The van der Waals surface area contributed by atoms with Crippen molar-refractivity contribution in [3.63, 3.8) is 0 Å². The summed E-state index contributed by atoms with van der Waals surface area (Å²) < 4.78 is 22.1. The molecule has 0 aromatic heterocycles. The molecule has 0 bridgehead atoms. The number of benzene rings is 1. The first-order chi connectivity index (χ1) is 9.60. The van der Waals surface area contributed by atoms with Crippen molar-refractivity contribution < 1.29 is 28.2 Å². The lowest BCUT2D eigenvalue weighted by Crippen LogP contribution is -2.42. The number of amides is 1. The lowest BCUT2D eigenvalue weighted by atomic mass is 10.1. The Kier molecular flexibility index (Phi) is 5.31. The number of phenols is 1. The first-order valence-electron chi connectivity index (χ1n) is 6.11. The highest BCUT2D eigenvalue weighted by molar-refractivity contribution is 7.90. The van der Waals surface area contributed by atoms with E-state index in [1.165, 1.54) is 18.2 Å². The Labute approximate surface area is 122 Å². The molecule has 0 aliphatic heterocycles. The number of hydrogen-bond donors (Lipinski definition) is 3. The predicted molar refractivity (Wildman–Crippen MR) is 76.1 cm³/mol. The maximum absolute atomic E-state index is 12.0. The summed E-state index contributed by atoms with van der Waals surface area (Å²) in [5.41, 5.74) is 0.707. The average molecular weight is 315 g/mol. The second-order valence-corrected chi connectivity index (χ2v) is 7.04. The van der Waals surface area contributed by atoms with E-state index in [4.69, 9.17) is 5.11 Å². The van der Waals surface area contributed by atoms with Gasteiger partial charge in [0.05, 0.1) is 5.75 Å². The standard InChI is InChI=1S/C13H17NO6S/c1-8-7-9(15)3-4-10(8)12(16)14-11(13(17)18)5-6-21(2,19)20/h3-4,7,11,15H,5-6H2,1-2H3,(H,14,16)(H,17,18). The number of aromatic hydroxyl groups is 1. The molecule has 0 spiro atoms. The van der Waals surface area contributed by atoms with Gasteiger partial charge >= 0.3 is 5.97 Å². The summed E-state index contributed by atoms with van der Waals surface area (Å²) in [6, 6.07) is 2.77. The first kappa shape index (κ1) is 17.0. The highest BCUT2D eigenvalue weighted by Gasteiger charge is 2.22. The maximum atomic E-state index is 12.0. The zero-order valence-corrected chi connectivity index (χ0v) is 12.5. The molecule has 1 amide bonds. The molecule has 1 atom stereocenters. The number of carboxylic acids is 1. The molecule has 0 aliphatic carbocycles. The number of nitrogens with one attached hydrogen (secondary N) is 1. The van der Waals surface area contributed by atoms with E-state index in [9.17, 15) is 23.1 Å². The Morgan fingerprint density at radius 2 is 1.95 bits per heavy atom. The molecule has 1 rings (SSSR count). The summed E-state index contributed by atoms with van der Waals surface area (Å²) in [7, 11) is -3.31. The lowest BCUT2D eigenvalue weighted by Gasteiger charge is -2.15. The van der Waals surface area contributed by atoms with Gasteiger partial charge < -0.3 is 15.5 Å². The minimum absolute atomic E-state index is 0.00379. The molecule has 7 nitrogen and oxygen atoms in total. The molecule has 0 saturated carbocycles. The van der Waals surface area contributed by atoms with Gasteiger partial charge in [0.2, 0.25) is 0 Å². The van der Waals surface area contributed by atoms with Crippen molar-refractivity contribution >= 4 is 21.7 Å². The Morgan fingerprint density at radius 3 is 2.43 bits per heavy atom. The van der Waals surface area contributed by atoms with E-state index in [1.807, 2.05) is 0 Å². The summed E-state index contributed by atoms with van der Waals surface area (Å²) in [6.07, 6.45) is 0.787. The van der Waals surface area contributed by atoms with Gasteiger partial charge in [0.1, 0.15) is 21.6 Å². The third-order valence-electron chi connectivity index (χ3n) is 2.84. The van der Waals surface area contributed by atoms with Crippen LogP contribution in [-0.4, -0.2) is 48.6 Å². The first-order valence-corrected chi connectivity index (χ1v) is 8.17. The Morgan fingerprint density at radius 1 is 1.33 bits per heavy atom. The molecule has 0 saturated heterocycles. The number of rotatable bonds is 6. The third-order valence-corrected chi connectivity index (χ3v) is 3.81. The summed E-state index contributed by atoms with van der Waals surface area (Å²) in [4.78, 5) is 23.1. The van der Waals surface area contributed by atoms with Crippen LogP contribution in [-0.2, 0) is 14.6 Å². The molecule has 0 heterocycles. The topological polar surface area (TPSA) is 121 Å². The van der Waals surface area contributed by atoms with Crippen LogP contribution >= 0.6 is 0 Å². The van der Waals surface area contributed by atoms with Gasteiger partial charge in [-0.05, 0) is 37.1 Å². The van der Waals surface area contributed by atoms with Gasteiger partial charge in [0.25, 0.3) is 5.91 Å². The van der Waals surface area contributed by atoms with Crippen molar-refractivity contribution in [2.75, 3.05) is 12.0 Å². The van der Waals surface area contributed by atoms with Crippen LogP contribution in [0.5, 0.6) is 5.75 Å². The number of aliphatic carboxylic acids is 1. The molecule has 3 N–H and O–H groups in total. The quantitative estimate of drug-likeness (QED) is 0.695. The zero-order chi connectivity index (χ0) is 16.2. The predicted octanol–water partition coefficient (Wildman–Crippen LogP) is 0.318.